The third-order valence-corrected chi connectivity index (χ3v) is 2.75. The molecule has 0 radical (unpaired) electrons. The van der Waals surface area contributed by atoms with Crippen LogP contribution in [-0.4, -0.2) is 59.7 Å². The standard InChI is InChI=1S/C14H24N4O2/c1-10(2)9-18(7-6-17(4)5)14-15-11(3)8-12(16-14)13(19)20/h8,10H,6-7,9H2,1-5H3,(H,19,20). The number of likely N-dealkylation sites (N-methyl/N-ethyl adjacent to an activating group) is 1. The van der Waals surface area contributed by atoms with Crippen LogP contribution in [0.15, 0.2) is 6.07 Å². The second-order valence-electron chi connectivity index (χ2n) is 5.64. The first kappa shape index (κ1) is 16.4. The van der Waals surface area contributed by atoms with Crippen LogP contribution in [0.25, 0.3) is 0 Å². The molecule has 6 heteroatoms. The van der Waals surface area contributed by atoms with E-state index in [1.54, 1.807) is 6.92 Å². The van der Waals surface area contributed by atoms with Gasteiger partial charge in [-0.1, -0.05) is 13.8 Å². The number of carboxylic acid groups (broad SMARTS) is 1. The average Bonchev–Trinajstić information content (AvgIpc) is 2.32. The van der Waals surface area contributed by atoms with E-state index in [1.807, 2.05) is 19.0 Å². The second-order valence-corrected chi connectivity index (χ2v) is 5.64. The lowest BCUT2D eigenvalue weighted by Crippen LogP contribution is -2.36. The van der Waals surface area contributed by atoms with Crippen molar-refractivity contribution in [2.75, 3.05) is 38.6 Å². The maximum atomic E-state index is 11.1. The summed E-state index contributed by atoms with van der Waals surface area (Å²) < 4.78 is 0. The van der Waals surface area contributed by atoms with E-state index in [2.05, 4.69) is 28.7 Å². The summed E-state index contributed by atoms with van der Waals surface area (Å²) in [4.78, 5) is 23.8. The van der Waals surface area contributed by atoms with Crippen LogP contribution in [0, 0.1) is 12.8 Å². The number of aryl methyl sites for hydroxylation is 1. The summed E-state index contributed by atoms with van der Waals surface area (Å²) >= 11 is 0. The zero-order valence-corrected chi connectivity index (χ0v) is 12.9. The Bertz CT molecular complexity index is 460. The first-order valence-corrected chi connectivity index (χ1v) is 6.78. The minimum atomic E-state index is -1.02. The maximum Gasteiger partial charge on any atom is 0.354 e. The molecule has 0 atom stereocenters. The van der Waals surface area contributed by atoms with Crippen molar-refractivity contribution >= 4 is 11.9 Å². The van der Waals surface area contributed by atoms with Crippen LogP contribution in [0.2, 0.25) is 0 Å². The molecule has 6 nitrogen and oxygen atoms in total. The minimum absolute atomic E-state index is 0.0473. The van der Waals surface area contributed by atoms with Crippen LogP contribution < -0.4 is 4.90 Å². The highest BCUT2D eigenvalue weighted by atomic mass is 16.4. The lowest BCUT2D eigenvalue weighted by molar-refractivity contribution is 0.0690. The lowest BCUT2D eigenvalue weighted by Gasteiger charge is -2.26. The van der Waals surface area contributed by atoms with Crippen LogP contribution in [0.4, 0.5) is 5.95 Å². The number of rotatable bonds is 7. The maximum absolute atomic E-state index is 11.1. The Hall–Kier alpha value is -1.69. The molecule has 20 heavy (non-hydrogen) atoms. The quantitative estimate of drug-likeness (QED) is 0.816. The Labute approximate surface area is 120 Å². The Balaban J connectivity index is 3.02. The van der Waals surface area contributed by atoms with Crippen molar-refractivity contribution in [3.8, 4) is 0 Å². The molecule has 0 aromatic carbocycles. The van der Waals surface area contributed by atoms with Crippen molar-refractivity contribution in [1.29, 1.82) is 0 Å². The average molecular weight is 280 g/mol. The first-order chi connectivity index (χ1) is 9.29. The van der Waals surface area contributed by atoms with Crippen molar-refractivity contribution in [2.24, 2.45) is 5.92 Å². The number of aromatic carboxylic acids is 1. The number of nitrogens with zero attached hydrogens (tertiary/aromatic N) is 4. The monoisotopic (exact) mass is 280 g/mol. The summed E-state index contributed by atoms with van der Waals surface area (Å²) in [6.45, 7) is 8.47. The molecule has 1 rings (SSSR count). The second kappa shape index (κ2) is 7.19. The summed E-state index contributed by atoms with van der Waals surface area (Å²) in [7, 11) is 4.01. The normalized spacial score (nSPS) is 11.2. The SMILES string of the molecule is Cc1cc(C(=O)O)nc(N(CCN(C)C)CC(C)C)n1. The molecule has 0 aliphatic heterocycles. The summed E-state index contributed by atoms with van der Waals surface area (Å²) in [5.74, 6) is -0.0682. The van der Waals surface area contributed by atoms with Crippen molar-refractivity contribution in [3.05, 3.63) is 17.5 Å². The van der Waals surface area contributed by atoms with Gasteiger partial charge in [-0.3, -0.25) is 0 Å². The molecular weight excluding hydrogens is 256 g/mol. The predicted molar refractivity (Wildman–Crippen MR) is 79.3 cm³/mol. The Morgan fingerprint density at radius 2 is 1.95 bits per heavy atom. The van der Waals surface area contributed by atoms with Crippen LogP contribution in [0.1, 0.15) is 30.0 Å². The third-order valence-electron chi connectivity index (χ3n) is 2.75. The number of hydrogen-bond acceptors (Lipinski definition) is 5. The van der Waals surface area contributed by atoms with Crippen molar-refractivity contribution in [3.63, 3.8) is 0 Å². The molecule has 1 heterocycles. The van der Waals surface area contributed by atoms with E-state index in [0.29, 0.717) is 17.6 Å². The molecule has 0 amide bonds. The van der Waals surface area contributed by atoms with Gasteiger partial charge in [0.2, 0.25) is 5.95 Å². The topological polar surface area (TPSA) is 69.6 Å². The molecule has 0 saturated heterocycles. The molecule has 0 saturated carbocycles. The van der Waals surface area contributed by atoms with Gasteiger partial charge in [0.1, 0.15) is 0 Å². The van der Waals surface area contributed by atoms with Gasteiger partial charge < -0.3 is 14.9 Å². The molecule has 0 unspecified atom stereocenters. The van der Waals surface area contributed by atoms with E-state index >= 15 is 0 Å². The van der Waals surface area contributed by atoms with Gasteiger partial charge in [-0.05, 0) is 33.0 Å². The van der Waals surface area contributed by atoms with E-state index in [-0.39, 0.29) is 5.69 Å². The Kier molecular flexibility index (Phi) is 5.88. The molecule has 1 aromatic heterocycles. The van der Waals surface area contributed by atoms with Crippen molar-refractivity contribution < 1.29 is 9.90 Å². The van der Waals surface area contributed by atoms with Gasteiger partial charge in [0.05, 0.1) is 0 Å². The smallest absolute Gasteiger partial charge is 0.354 e. The summed E-state index contributed by atoms with van der Waals surface area (Å²) in [6.07, 6.45) is 0. The fourth-order valence-electron chi connectivity index (χ4n) is 1.84. The molecule has 112 valence electrons. The molecule has 0 spiro atoms. The fraction of sp³-hybridized carbons (Fsp3) is 0.643. The predicted octanol–water partition coefficient (Wildman–Crippen LogP) is 1.51. The number of carboxylic acids is 1. The van der Waals surface area contributed by atoms with Crippen LogP contribution >= 0.6 is 0 Å². The van der Waals surface area contributed by atoms with E-state index in [1.165, 1.54) is 6.07 Å². The van der Waals surface area contributed by atoms with Crippen LogP contribution in [0.3, 0.4) is 0 Å². The summed E-state index contributed by atoms with van der Waals surface area (Å²) in [5.41, 5.74) is 0.720. The molecule has 0 aliphatic carbocycles. The molecule has 0 bridgehead atoms. The van der Waals surface area contributed by atoms with Gasteiger partial charge in [-0.15, -0.1) is 0 Å². The van der Waals surface area contributed by atoms with E-state index in [4.69, 9.17) is 5.11 Å². The molecule has 0 aliphatic rings. The van der Waals surface area contributed by atoms with Crippen LogP contribution in [0.5, 0.6) is 0 Å². The Morgan fingerprint density at radius 1 is 1.30 bits per heavy atom. The highest BCUT2D eigenvalue weighted by Crippen LogP contribution is 2.12. The van der Waals surface area contributed by atoms with E-state index < -0.39 is 5.97 Å². The highest BCUT2D eigenvalue weighted by Gasteiger charge is 2.15. The van der Waals surface area contributed by atoms with Crippen molar-refractivity contribution in [2.45, 2.75) is 20.8 Å². The molecular formula is C14H24N4O2. The zero-order chi connectivity index (χ0) is 15.3. The van der Waals surface area contributed by atoms with Crippen LogP contribution in [-0.2, 0) is 0 Å². The number of anilines is 1. The lowest BCUT2D eigenvalue weighted by atomic mass is 10.2. The number of carbonyl (C=O) groups is 1. The highest BCUT2D eigenvalue weighted by molar-refractivity contribution is 5.85. The Morgan fingerprint density at radius 3 is 2.45 bits per heavy atom. The van der Waals surface area contributed by atoms with Gasteiger partial charge in [-0.2, -0.15) is 0 Å². The van der Waals surface area contributed by atoms with Gasteiger partial charge in [0.15, 0.2) is 5.69 Å². The van der Waals surface area contributed by atoms with Gasteiger partial charge >= 0.3 is 5.97 Å². The molecule has 1 N–H and O–H groups in total. The molecule has 1 aromatic rings. The number of hydrogen-bond donors (Lipinski definition) is 1. The largest absolute Gasteiger partial charge is 0.477 e. The zero-order valence-electron chi connectivity index (χ0n) is 12.9. The van der Waals surface area contributed by atoms with Gasteiger partial charge in [-0.25, -0.2) is 14.8 Å². The fourth-order valence-corrected chi connectivity index (χ4v) is 1.84. The minimum Gasteiger partial charge on any atom is -0.477 e. The third kappa shape index (κ3) is 5.13. The number of aromatic nitrogens is 2. The van der Waals surface area contributed by atoms with E-state index in [0.717, 1.165) is 19.6 Å². The van der Waals surface area contributed by atoms with Crippen molar-refractivity contribution in [1.82, 2.24) is 14.9 Å². The van der Waals surface area contributed by atoms with Gasteiger partial charge in [0, 0.05) is 25.3 Å². The molecule has 0 fully saturated rings. The summed E-state index contributed by atoms with van der Waals surface area (Å²) in [6, 6.07) is 1.49. The summed E-state index contributed by atoms with van der Waals surface area (Å²) in [5, 5.41) is 9.10. The van der Waals surface area contributed by atoms with E-state index in [9.17, 15) is 4.79 Å². The van der Waals surface area contributed by atoms with Gasteiger partial charge in [0.25, 0.3) is 0 Å². The first-order valence-electron chi connectivity index (χ1n) is 6.78.